The van der Waals surface area contributed by atoms with Crippen LogP contribution in [0, 0.1) is 0 Å². The van der Waals surface area contributed by atoms with Gasteiger partial charge >= 0.3 is 0 Å². The zero-order chi connectivity index (χ0) is 13.6. The van der Waals surface area contributed by atoms with Crippen molar-refractivity contribution < 1.29 is 4.79 Å². The van der Waals surface area contributed by atoms with Gasteiger partial charge in [0.1, 0.15) is 5.69 Å². The van der Waals surface area contributed by atoms with Crippen molar-refractivity contribution in [3.05, 3.63) is 46.7 Å². The molecule has 0 unspecified atom stereocenters. The van der Waals surface area contributed by atoms with Gasteiger partial charge in [-0.2, -0.15) is 5.10 Å². The second kappa shape index (κ2) is 4.38. The highest BCUT2D eigenvalue weighted by molar-refractivity contribution is 6.34. The van der Waals surface area contributed by atoms with E-state index in [2.05, 4.69) is 11.2 Å². The Kier molecular flexibility index (Phi) is 2.82. The van der Waals surface area contributed by atoms with E-state index in [0.29, 0.717) is 10.7 Å². The Bertz CT molecular complexity index is 630. The van der Waals surface area contributed by atoms with Gasteiger partial charge in [-0.15, -0.1) is 0 Å². The first kappa shape index (κ1) is 12.2. The third-order valence-corrected chi connectivity index (χ3v) is 3.80. The lowest BCUT2D eigenvalue weighted by molar-refractivity contribution is 0.0972. The number of aryl methyl sites for hydroxylation is 1. The largest absolute Gasteiger partial charge is 0.304 e. The van der Waals surface area contributed by atoms with Gasteiger partial charge in [0, 0.05) is 18.8 Å². The first-order chi connectivity index (χ1) is 9.09. The molecule has 1 amide bonds. The molecule has 0 bridgehead atoms. The van der Waals surface area contributed by atoms with Gasteiger partial charge in [0.25, 0.3) is 5.91 Å². The topological polar surface area (TPSA) is 38.1 Å². The summed E-state index contributed by atoms with van der Waals surface area (Å²) < 4.78 is 1.53. The van der Waals surface area contributed by atoms with E-state index < -0.39 is 0 Å². The highest BCUT2D eigenvalue weighted by Gasteiger charge is 2.33. The number of amides is 1. The summed E-state index contributed by atoms with van der Waals surface area (Å²) in [5.74, 6) is -0.0950. The molecule has 98 valence electrons. The summed E-state index contributed by atoms with van der Waals surface area (Å²) in [6, 6.07) is 8.11. The summed E-state index contributed by atoms with van der Waals surface area (Å²) in [5, 5.41) is 4.42. The zero-order valence-electron chi connectivity index (χ0n) is 10.8. The van der Waals surface area contributed by atoms with E-state index in [1.54, 1.807) is 11.9 Å². The van der Waals surface area contributed by atoms with Crippen molar-refractivity contribution in [2.45, 2.75) is 19.4 Å². The van der Waals surface area contributed by atoms with Crippen LogP contribution in [-0.2, 0) is 13.5 Å². The number of nitrogens with zero attached hydrogens (tertiary/aromatic N) is 3. The lowest BCUT2D eigenvalue weighted by Crippen LogP contribution is -2.37. The van der Waals surface area contributed by atoms with E-state index in [1.807, 2.05) is 25.1 Å². The summed E-state index contributed by atoms with van der Waals surface area (Å²) in [6.45, 7) is 2.04. The number of hydrogen-bond donors (Lipinski definition) is 0. The van der Waals surface area contributed by atoms with Crippen LogP contribution in [0.15, 0.2) is 30.5 Å². The molecule has 0 spiro atoms. The van der Waals surface area contributed by atoms with Crippen LogP contribution in [0.5, 0.6) is 0 Å². The van der Waals surface area contributed by atoms with Gasteiger partial charge in [-0.3, -0.25) is 9.48 Å². The first-order valence-corrected chi connectivity index (χ1v) is 6.56. The Hall–Kier alpha value is -1.81. The molecule has 1 atom stereocenters. The van der Waals surface area contributed by atoms with Gasteiger partial charge in [-0.25, -0.2) is 0 Å². The fraction of sp³-hybridized carbons (Fsp3) is 0.286. The van der Waals surface area contributed by atoms with Gasteiger partial charge in [0.2, 0.25) is 0 Å². The number of carbonyl (C=O) groups excluding carboxylic acids is 1. The Labute approximate surface area is 116 Å². The van der Waals surface area contributed by atoms with Crippen LogP contribution in [0.25, 0.3) is 0 Å². The molecule has 0 N–H and O–H groups in total. The van der Waals surface area contributed by atoms with E-state index in [0.717, 1.165) is 12.1 Å². The molecule has 1 aromatic heterocycles. The number of fused-ring (bicyclic) bond motifs is 1. The number of benzene rings is 1. The molecule has 0 radical (unpaired) electrons. The summed E-state index contributed by atoms with van der Waals surface area (Å²) >= 11 is 6.06. The molecule has 0 fully saturated rings. The number of aromatic nitrogens is 2. The molecule has 5 heteroatoms. The average Bonchev–Trinajstić information content (AvgIpc) is 2.88. The van der Waals surface area contributed by atoms with Crippen molar-refractivity contribution in [1.29, 1.82) is 0 Å². The Balaban J connectivity index is 2.06. The Morgan fingerprint density at radius 3 is 2.84 bits per heavy atom. The van der Waals surface area contributed by atoms with Gasteiger partial charge in [0.05, 0.1) is 11.2 Å². The third-order valence-electron chi connectivity index (χ3n) is 3.52. The van der Waals surface area contributed by atoms with Crippen LogP contribution < -0.4 is 4.90 Å². The standard InChI is InChI=1S/C14H14ClN3O/c1-9-7-10-5-3-4-6-12(10)18(9)14(19)13-11(15)8-16-17(13)2/h3-6,8-9H,7H2,1-2H3/t9-/m1/s1. The molecule has 2 heterocycles. The van der Waals surface area contributed by atoms with Crippen molar-refractivity contribution in [2.75, 3.05) is 4.90 Å². The van der Waals surface area contributed by atoms with Crippen LogP contribution in [0.1, 0.15) is 23.0 Å². The number of para-hydroxylation sites is 1. The van der Waals surface area contributed by atoms with E-state index in [4.69, 9.17) is 11.6 Å². The van der Waals surface area contributed by atoms with E-state index in [-0.39, 0.29) is 11.9 Å². The third kappa shape index (κ3) is 1.83. The molecular weight excluding hydrogens is 262 g/mol. The van der Waals surface area contributed by atoms with Crippen LogP contribution in [0.4, 0.5) is 5.69 Å². The minimum atomic E-state index is -0.0950. The summed E-state index contributed by atoms with van der Waals surface area (Å²) in [4.78, 5) is 14.5. The molecule has 1 aliphatic rings. The van der Waals surface area contributed by atoms with Crippen molar-refractivity contribution in [1.82, 2.24) is 9.78 Å². The summed E-state index contributed by atoms with van der Waals surface area (Å²) in [6.07, 6.45) is 2.37. The van der Waals surface area contributed by atoms with E-state index in [9.17, 15) is 4.79 Å². The molecule has 3 rings (SSSR count). The highest BCUT2D eigenvalue weighted by Crippen LogP contribution is 2.33. The normalized spacial score (nSPS) is 17.6. The molecule has 1 aliphatic heterocycles. The monoisotopic (exact) mass is 275 g/mol. The van der Waals surface area contributed by atoms with Crippen LogP contribution in [0.3, 0.4) is 0 Å². The number of hydrogen-bond acceptors (Lipinski definition) is 2. The fourth-order valence-corrected chi connectivity index (χ4v) is 2.89. The summed E-state index contributed by atoms with van der Waals surface area (Å²) in [5.41, 5.74) is 2.60. The Morgan fingerprint density at radius 2 is 2.16 bits per heavy atom. The maximum Gasteiger partial charge on any atom is 0.278 e. The number of anilines is 1. The van der Waals surface area contributed by atoms with Gasteiger partial charge < -0.3 is 4.90 Å². The van der Waals surface area contributed by atoms with Crippen molar-refractivity contribution in [3.63, 3.8) is 0 Å². The SMILES string of the molecule is C[C@@H]1Cc2ccccc2N1C(=O)c1c(Cl)cnn1C. The number of carbonyl (C=O) groups is 1. The zero-order valence-corrected chi connectivity index (χ0v) is 11.6. The molecule has 0 aliphatic carbocycles. The van der Waals surface area contributed by atoms with Gasteiger partial charge in [-0.1, -0.05) is 29.8 Å². The number of halogens is 1. The maximum absolute atomic E-state index is 12.7. The molecule has 0 saturated carbocycles. The molecule has 2 aromatic rings. The molecule has 4 nitrogen and oxygen atoms in total. The molecule has 0 saturated heterocycles. The second-order valence-corrected chi connectivity index (χ2v) is 5.23. The first-order valence-electron chi connectivity index (χ1n) is 6.18. The van der Waals surface area contributed by atoms with Crippen molar-refractivity contribution in [2.24, 2.45) is 7.05 Å². The second-order valence-electron chi connectivity index (χ2n) is 4.82. The highest BCUT2D eigenvalue weighted by atomic mass is 35.5. The molecule has 19 heavy (non-hydrogen) atoms. The lowest BCUT2D eigenvalue weighted by Gasteiger charge is -2.22. The van der Waals surface area contributed by atoms with Crippen LogP contribution in [0.2, 0.25) is 5.02 Å². The van der Waals surface area contributed by atoms with Crippen LogP contribution >= 0.6 is 11.6 Å². The Morgan fingerprint density at radius 1 is 1.42 bits per heavy atom. The minimum Gasteiger partial charge on any atom is -0.304 e. The predicted octanol–water partition coefficient (Wildman–Crippen LogP) is 2.66. The minimum absolute atomic E-state index is 0.0950. The van der Waals surface area contributed by atoms with Crippen molar-refractivity contribution >= 4 is 23.2 Å². The quantitative estimate of drug-likeness (QED) is 0.802. The van der Waals surface area contributed by atoms with Gasteiger partial charge in [0.15, 0.2) is 0 Å². The summed E-state index contributed by atoms with van der Waals surface area (Å²) in [7, 11) is 1.73. The molecular formula is C14H14ClN3O. The lowest BCUT2D eigenvalue weighted by atomic mass is 10.1. The van der Waals surface area contributed by atoms with E-state index in [1.165, 1.54) is 16.4 Å². The van der Waals surface area contributed by atoms with E-state index >= 15 is 0 Å². The fourth-order valence-electron chi connectivity index (χ4n) is 2.64. The average molecular weight is 276 g/mol. The predicted molar refractivity (Wildman–Crippen MR) is 74.6 cm³/mol. The maximum atomic E-state index is 12.7. The number of rotatable bonds is 1. The smallest absolute Gasteiger partial charge is 0.278 e. The van der Waals surface area contributed by atoms with Crippen molar-refractivity contribution in [3.8, 4) is 0 Å². The molecule has 1 aromatic carbocycles. The van der Waals surface area contributed by atoms with Crippen LogP contribution in [-0.4, -0.2) is 21.7 Å². The van der Waals surface area contributed by atoms with Gasteiger partial charge in [-0.05, 0) is 25.0 Å².